The summed E-state index contributed by atoms with van der Waals surface area (Å²) in [4.78, 5) is 19.5. The SMILES string of the molecule is CCc1cc(S[C@@H](C)C(=O)N2CCCC2)n2c(nc3ccccc32)c1C#N. The van der Waals surface area contributed by atoms with Gasteiger partial charge in [-0.1, -0.05) is 30.8 Å². The van der Waals surface area contributed by atoms with Gasteiger partial charge >= 0.3 is 0 Å². The van der Waals surface area contributed by atoms with Crippen molar-refractivity contribution in [2.45, 2.75) is 43.4 Å². The zero-order valence-electron chi connectivity index (χ0n) is 15.6. The zero-order chi connectivity index (χ0) is 19.0. The summed E-state index contributed by atoms with van der Waals surface area (Å²) in [7, 11) is 0. The van der Waals surface area contributed by atoms with Gasteiger partial charge in [-0.05, 0) is 49.9 Å². The molecule has 27 heavy (non-hydrogen) atoms. The largest absolute Gasteiger partial charge is 0.342 e. The van der Waals surface area contributed by atoms with Crippen molar-refractivity contribution in [1.29, 1.82) is 5.26 Å². The van der Waals surface area contributed by atoms with E-state index in [9.17, 15) is 10.1 Å². The number of para-hydroxylation sites is 2. The molecule has 1 aliphatic rings. The third kappa shape index (κ3) is 3.06. The molecular weight excluding hydrogens is 356 g/mol. The van der Waals surface area contributed by atoms with E-state index in [4.69, 9.17) is 4.98 Å². The van der Waals surface area contributed by atoms with Gasteiger partial charge < -0.3 is 4.90 Å². The van der Waals surface area contributed by atoms with Crippen LogP contribution in [0.1, 0.15) is 37.8 Å². The summed E-state index contributed by atoms with van der Waals surface area (Å²) in [6, 6.07) is 12.3. The van der Waals surface area contributed by atoms with Crippen LogP contribution in [0.25, 0.3) is 16.7 Å². The Balaban J connectivity index is 1.84. The second kappa shape index (κ2) is 7.24. The molecule has 0 unspecified atom stereocenters. The molecule has 1 aromatic carbocycles. The molecule has 6 heteroatoms. The first-order valence-corrected chi connectivity index (χ1v) is 10.3. The first-order valence-electron chi connectivity index (χ1n) is 9.42. The second-order valence-electron chi connectivity index (χ2n) is 6.90. The number of carbonyl (C=O) groups excluding carboxylic acids is 1. The van der Waals surface area contributed by atoms with Crippen LogP contribution in [0.2, 0.25) is 0 Å². The number of nitrogens with zero attached hydrogens (tertiary/aromatic N) is 4. The third-order valence-electron chi connectivity index (χ3n) is 5.18. The Kier molecular flexibility index (Phi) is 4.79. The summed E-state index contributed by atoms with van der Waals surface area (Å²) in [6.07, 6.45) is 2.94. The minimum atomic E-state index is -0.176. The normalized spacial score (nSPS) is 15.4. The lowest BCUT2D eigenvalue weighted by molar-refractivity contribution is -0.129. The lowest BCUT2D eigenvalue weighted by Crippen LogP contribution is -2.34. The lowest BCUT2D eigenvalue weighted by atomic mass is 10.1. The van der Waals surface area contributed by atoms with E-state index in [0.717, 1.165) is 54.0 Å². The highest BCUT2D eigenvalue weighted by molar-refractivity contribution is 8.00. The number of imidazole rings is 1. The number of nitriles is 1. The van der Waals surface area contributed by atoms with E-state index in [1.807, 2.05) is 47.4 Å². The number of aromatic nitrogens is 2. The molecule has 0 saturated carbocycles. The van der Waals surface area contributed by atoms with Crippen molar-refractivity contribution in [3.63, 3.8) is 0 Å². The monoisotopic (exact) mass is 378 g/mol. The van der Waals surface area contributed by atoms with E-state index in [2.05, 4.69) is 12.1 Å². The molecule has 0 spiro atoms. The minimum Gasteiger partial charge on any atom is -0.342 e. The van der Waals surface area contributed by atoms with Crippen molar-refractivity contribution in [3.8, 4) is 6.07 Å². The van der Waals surface area contributed by atoms with Crippen LogP contribution in [0.4, 0.5) is 0 Å². The summed E-state index contributed by atoms with van der Waals surface area (Å²) < 4.78 is 2.03. The molecule has 0 radical (unpaired) electrons. The number of hydrogen-bond acceptors (Lipinski definition) is 4. The van der Waals surface area contributed by atoms with Crippen molar-refractivity contribution in [2.24, 2.45) is 0 Å². The Bertz CT molecular complexity index is 1060. The van der Waals surface area contributed by atoms with E-state index >= 15 is 0 Å². The Morgan fingerprint density at radius 1 is 1.33 bits per heavy atom. The molecule has 2 aromatic heterocycles. The zero-order valence-corrected chi connectivity index (χ0v) is 16.4. The Morgan fingerprint density at radius 2 is 2.07 bits per heavy atom. The van der Waals surface area contributed by atoms with Crippen LogP contribution in [-0.2, 0) is 11.2 Å². The van der Waals surface area contributed by atoms with Crippen molar-refractivity contribution < 1.29 is 4.79 Å². The van der Waals surface area contributed by atoms with Gasteiger partial charge in [-0.15, -0.1) is 0 Å². The summed E-state index contributed by atoms with van der Waals surface area (Å²) in [6.45, 7) is 5.74. The van der Waals surface area contributed by atoms with Gasteiger partial charge in [-0.25, -0.2) is 4.98 Å². The standard InChI is InChI=1S/C21H22N4OS/c1-3-15-12-19(27-14(2)21(26)24-10-6-7-11-24)25-18-9-5-4-8-17(18)23-20(25)16(15)13-22/h4-5,8-9,12,14H,3,6-7,10-11H2,1-2H3/t14-/m0/s1. The Hall–Kier alpha value is -2.52. The molecule has 5 nitrogen and oxygen atoms in total. The van der Waals surface area contributed by atoms with Crippen LogP contribution < -0.4 is 0 Å². The lowest BCUT2D eigenvalue weighted by Gasteiger charge is -2.21. The average molecular weight is 379 g/mol. The van der Waals surface area contributed by atoms with Crippen molar-refractivity contribution in [3.05, 3.63) is 41.5 Å². The molecular formula is C21H22N4OS. The van der Waals surface area contributed by atoms with E-state index in [1.165, 1.54) is 0 Å². The maximum absolute atomic E-state index is 12.8. The Morgan fingerprint density at radius 3 is 2.78 bits per heavy atom. The maximum Gasteiger partial charge on any atom is 0.235 e. The fraction of sp³-hybridized carbons (Fsp3) is 0.381. The maximum atomic E-state index is 12.8. The summed E-state index contributed by atoms with van der Waals surface area (Å²) in [5.41, 5.74) is 4.11. The highest BCUT2D eigenvalue weighted by Crippen LogP contribution is 2.32. The highest BCUT2D eigenvalue weighted by atomic mass is 32.2. The number of aryl methyl sites for hydroxylation is 1. The Labute approximate surface area is 163 Å². The van der Waals surface area contributed by atoms with Crippen LogP contribution in [0.15, 0.2) is 35.4 Å². The predicted molar refractivity (Wildman–Crippen MR) is 108 cm³/mol. The molecule has 1 fully saturated rings. The van der Waals surface area contributed by atoms with E-state index in [1.54, 1.807) is 11.8 Å². The summed E-state index contributed by atoms with van der Waals surface area (Å²) >= 11 is 1.56. The molecule has 3 heterocycles. The fourth-order valence-corrected chi connectivity index (χ4v) is 4.87. The summed E-state index contributed by atoms with van der Waals surface area (Å²) in [5, 5.41) is 10.5. The topological polar surface area (TPSA) is 61.4 Å². The predicted octanol–water partition coefficient (Wildman–Crippen LogP) is 4.02. The number of carbonyl (C=O) groups is 1. The van der Waals surface area contributed by atoms with Gasteiger partial charge in [-0.2, -0.15) is 5.26 Å². The molecule has 1 atom stereocenters. The van der Waals surface area contributed by atoms with E-state index in [-0.39, 0.29) is 11.2 Å². The molecule has 4 rings (SSSR count). The molecule has 1 saturated heterocycles. The summed E-state index contributed by atoms with van der Waals surface area (Å²) in [5.74, 6) is 0.192. The number of likely N-dealkylation sites (tertiary alicyclic amines) is 1. The van der Waals surface area contributed by atoms with Gasteiger partial charge in [0.2, 0.25) is 5.91 Å². The van der Waals surface area contributed by atoms with Gasteiger partial charge in [-0.3, -0.25) is 9.20 Å². The van der Waals surface area contributed by atoms with Gasteiger partial charge in [0.1, 0.15) is 6.07 Å². The quantitative estimate of drug-likeness (QED) is 0.643. The van der Waals surface area contributed by atoms with Gasteiger partial charge in [0, 0.05) is 13.1 Å². The van der Waals surface area contributed by atoms with E-state index < -0.39 is 0 Å². The van der Waals surface area contributed by atoms with Crippen LogP contribution in [0.3, 0.4) is 0 Å². The molecule has 0 bridgehead atoms. The van der Waals surface area contributed by atoms with Crippen LogP contribution in [0.5, 0.6) is 0 Å². The average Bonchev–Trinajstić information content (AvgIpc) is 3.34. The number of thioether (sulfide) groups is 1. The smallest absolute Gasteiger partial charge is 0.235 e. The number of benzene rings is 1. The van der Waals surface area contributed by atoms with Crippen molar-refractivity contribution in [1.82, 2.24) is 14.3 Å². The molecule has 3 aromatic rings. The first-order chi connectivity index (χ1) is 13.1. The number of hydrogen-bond donors (Lipinski definition) is 0. The second-order valence-corrected chi connectivity index (χ2v) is 8.26. The van der Waals surface area contributed by atoms with Crippen molar-refractivity contribution >= 4 is 34.3 Å². The van der Waals surface area contributed by atoms with Gasteiger partial charge in [0.15, 0.2) is 5.65 Å². The van der Waals surface area contributed by atoms with Gasteiger partial charge in [0.25, 0.3) is 0 Å². The first kappa shape index (κ1) is 17.9. The molecule has 1 amide bonds. The van der Waals surface area contributed by atoms with Crippen LogP contribution in [0, 0.1) is 11.3 Å². The van der Waals surface area contributed by atoms with Crippen LogP contribution in [-0.4, -0.2) is 38.5 Å². The number of rotatable bonds is 4. The van der Waals surface area contributed by atoms with Gasteiger partial charge in [0.05, 0.1) is 26.9 Å². The number of amides is 1. The molecule has 0 N–H and O–H groups in total. The highest BCUT2D eigenvalue weighted by Gasteiger charge is 2.26. The van der Waals surface area contributed by atoms with Crippen LogP contribution >= 0.6 is 11.8 Å². The molecule has 1 aliphatic heterocycles. The number of fused-ring (bicyclic) bond motifs is 3. The third-order valence-corrected chi connectivity index (χ3v) is 6.28. The van der Waals surface area contributed by atoms with E-state index in [0.29, 0.717) is 11.2 Å². The fourth-order valence-electron chi connectivity index (χ4n) is 3.76. The molecule has 138 valence electrons. The molecule has 0 aliphatic carbocycles. The number of pyridine rings is 1. The minimum absolute atomic E-state index is 0.176. The van der Waals surface area contributed by atoms with Crippen molar-refractivity contribution in [2.75, 3.05) is 13.1 Å².